The fourth-order valence-corrected chi connectivity index (χ4v) is 2.93. The van der Waals surface area contributed by atoms with Crippen molar-refractivity contribution in [3.05, 3.63) is 68.1 Å². The molecule has 1 N–H and O–H groups in total. The summed E-state index contributed by atoms with van der Waals surface area (Å²) in [5, 5.41) is 10.2. The molecule has 21 heavy (non-hydrogen) atoms. The van der Waals surface area contributed by atoms with Crippen LogP contribution in [0.1, 0.15) is 22.8 Å². The molecule has 0 saturated heterocycles. The summed E-state index contributed by atoms with van der Waals surface area (Å²) in [5.74, 6) is 0. The summed E-state index contributed by atoms with van der Waals surface area (Å²) in [4.78, 5) is 0. The maximum absolute atomic E-state index is 12.7. The van der Waals surface area contributed by atoms with E-state index in [0.29, 0.717) is 4.47 Å². The standard InChI is InChI=1S/C15H11Br2F3O/c16-11-3-1-2-9(6-11)7-14(21)12-8-10(15(18,19)20)4-5-13(12)17/h1-6,8,14,21H,7H2. The van der Waals surface area contributed by atoms with E-state index in [1.807, 2.05) is 24.3 Å². The number of hydrogen-bond donors (Lipinski definition) is 1. The first kappa shape index (κ1) is 16.5. The molecule has 0 heterocycles. The van der Waals surface area contributed by atoms with Crippen LogP contribution >= 0.6 is 31.9 Å². The van der Waals surface area contributed by atoms with E-state index in [0.717, 1.165) is 22.2 Å². The Balaban J connectivity index is 2.28. The van der Waals surface area contributed by atoms with E-state index in [-0.39, 0.29) is 12.0 Å². The third kappa shape index (κ3) is 4.31. The summed E-state index contributed by atoms with van der Waals surface area (Å²) in [6.45, 7) is 0. The Hall–Kier alpha value is -0.850. The number of benzene rings is 2. The minimum Gasteiger partial charge on any atom is -0.388 e. The summed E-state index contributed by atoms with van der Waals surface area (Å²) in [6.07, 6.45) is -5.21. The average Bonchev–Trinajstić information content (AvgIpc) is 2.37. The molecule has 0 amide bonds. The number of halogens is 5. The lowest BCUT2D eigenvalue weighted by Gasteiger charge is -2.16. The topological polar surface area (TPSA) is 20.2 Å². The van der Waals surface area contributed by atoms with Crippen molar-refractivity contribution in [1.82, 2.24) is 0 Å². The van der Waals surface area contributed by atoms with E-state index in [4.69, 9.17) is 0 Å². The molecule has 2 rings (SSSR count). The molecule has 1 nitrogen and oxygen atoms in total. The van der Waals surface area contributed by atoms with E-state index in [1.54, 1.807) is 0 Å². The van der Waals surface area contributed by atoms with Crippen LogP contribution in [0.15, 0.2) is 51.4 Å². The van der Waals surface area contributed by atoms with Gasteiger partial charge >= 0.3 is 6.18 Å². The van der Waals surface area contributed by atoms with Crippen molar-refractivity contribution in [3.63, 3.8) is 0 Å². The van der Waals surface area contributed by atoms with Crippen LogP contribution in [0.3, 0.4) is 0 Å². The highest BCUT2D eigenvalue weighted by Crippen LogP contribution is 2.34. The Labute approximate surface area is 137 Å². The minimum atomic E-state index is -4.43. The fourth-order valence-electron chi connectivity index (χ4n) is 1.97. The molecule has 2 aromatic carbocycles. The predicted octanol–water partition coefficient (Wildman–Crippen LogP) is 5.51. The van der Waals surface area contributed by atoms with E-state index < -0.39 is 17.8 Å². The molecule has 6 heteroatoms. The first-order valence-corrected chi connectivity index (χ1v) is 7.65. The highest BCUT2D eigenvalue weighted by Gasteiger charge is 2.31. The van der Waals surface area contributed by atoms with Gasteiger partial charge in [-0.15, -0.1) is 0 Å². The first-order chi connectivity index (χ1) is 9.77. The van der Waals surface area contributed by atoms with Crippen molar-refractivity contribution in [2.24, 2.45) is 0 Å². The second-order valence-electron chi connectivity index (χ2n) is 4.58. The zero-order valence-corrected chi connectivity index (χ0v) is 13.8. The molecule has 2 aromatic rings. The molecule has 112 valence electrons. The van der Waals surface area contributed by atoms with Crippen LogP contribution in [0.2, 0.25) is 0 Å². The lowest BCUT2D eigenvalue weighted by atomic mass is 9.99. The number of rotatable bonds is 3. The Morgan fingerprint density at radius 1 is 1.05 bits per heavy atom. The highest BCUT2D eigenvalue weighted by atomic mass is 79.9. The highest BCUT2D eigenvalue weighted by molar-refractivity contribution is 9.10. The average molecular weight is 424 g/mol. The summed E-state index contributed by atoms with van der Waals surface area (Å²) >= 11 is 6.51. The van der Waals surface area contributed by atoms with Crippen molar-refractivity contribution in [3.8, 4) is 0 Å². The lowest BCUT2D eigenvalue weighted by Crippen LogP contribution is -2.09. The van der Waals surface area contributed by atoms with Gasteiger partial charge in [-0.25, -0.2) is 0 Å². The number of alkyl halides is 3. The van der Waals surface area contributed by atoms with Crippen LogP contribution in [-0.2, 0) is 12.6 Å². The zero-order valence-electron chi connectivity index (χ0n) is 10.7. The Kier molecular flexibility index (Phi) is 5.11. The lowest BCUT2D eigenvalue weighted by molar-refractivity contribution is -0.137. The van der Waals surface area contributed by atoms with Gasteiger partial charge in [-0.05, 0) is 41.5 Å². The van der Waals surface area contributed by atoms with E-state index in [9.17, 15) is 18.3 Å². The molecule has 0 saturated carbocycles. The minimum absolute atomic E-state index is 0.227. The maximum atomic E-state index is 12.7. The molecule has 0 fully saturated rings. The fraction of sp³-hybridized carbons (Fsp3) is 0.200. The van der Waals surface area contributed by atoms with Crippen LogP contribution in [0, 0.1) is 0 Å². The molecule has 0 spiro atoms. The molecular weight excluding hydrogens is 413 g/mol. The van der Waals surface area contributed by atoms with Crippen molar-refractivity contribution in [1.29, 1.82) is 0 Å². The Bertz CT molecular complexity index is 641. The quantitative estimate of drug-likeness (QED) is 0.690. The largest absolute Gasteiger partial charge is 0.416 e. The molecule has 0 radical (unpaired) electrons. The van der Waals surface area contributed by atoms with Crippen molar-refractivity contribution in [2.75, 3.05) is 0 Å². The van der Waals surface area contributed by atoms with Gasteiger partial charge in [0.05, 0.1) is 11.7 Å². The normalized spacial score (nSPS) is 13.2. The van der Waals surface area contributed by atoms with Gasteiger partial charge in [0.2, 0.25) is 0 Å². The van der Waals surface area contributed by atoms with Gasteiger partial charge in [-0.2, -0.15) is 13.2 Å². The second-order valence-corrected chi connectivity index (χ2v) is 6.35. The zero-order chi connectivity index (χ0) is 15.6. The second kappa shape index (κ2) is 6.50. The van der Waals surface area contributed by atoms with E-state index in [1.165, 1.54) is 6.07 Å². The van der Waals surface area contributed by atoms with Crippen LogP contribution in [0.4, 0.5) is 13.2 Å². The smallest absolute Gasteiger partial charge is 0.388 e. The summed E-state index contributed by atoms with van der Waals surface area (Å²) in [6, 6.07) is 10.6. The van der Waals surface area contributed by atoms with Crippen molar-refractivity contribution < 1.29 is 18.3 Å². The summed E-state index contributed by atoms with van der Waals surface area (Å²) < 4.78 is 39.5. The molecule has 0 bridgehead atoms. The first-order valence-electron chi connectivity index (χ1n) is 6.06. The summed E-state index contributed by atoms with van der Waals surface area (Å²) in [5.41, 5.74) is 0.292. The van der Waals surface area contributed by atoms with Gasteiger partial charge in [0.1, 0.15) is 0 Å². The molecule has 0 aromatic heterocycles. The molecule has 0 aliphatic carbocycles. The van der Waals surface area contributed by atoms with Crippen LogP contribution in [-0.4, -0.2) is 5.11 Å². The third-order valence-electron chi connectivity index (χ3n) is 3.00. The van der Waals surface area contributed by atoms with Gasteiger partial charge < -0.3 is 5.11 Å². The van der Waals surface area contributed by atoms with Crippen molar-refractivity contribution >= 4 is 31.9 Å². The molecule has 1 unspecified atom stereocenters. The van der Waals surface area contributed by atoms with Crippen LogP contribution in [0.25, 0.3) is 0 Å². The Morgan fingerprint density at radius 2 is 1.76 bits per heavy atom. The van der Waals surface area contributed by atoms with Crippen LogP contribution in [0.5, 0.6) is 0 Å². The molecule has 0 aliphatic heterocycles. The summed E-state index contributed by atoms with van der Waals surface area (Å²) in [7, 11) is 0. The molecule has 1 atom stereocenters. The predicted molar refractivity (Wildman–Crippen MR) is 81.9 cm³/mol. The third-order valence-corrected chi connectivity index (χ3v) is 4.22. The number of aliphatic hydroxyl groups excluding tert-OH is 1. The van der Waals surface area contributed by atoms with Gasteiger partial charge in [0.15, 0.2) is 0 Å². The van der Waals surface area contributed by atoms with Crippen LogP contribution < -0.4 is 0 Å². The van der Waals surface area contributed by atoms with Crippen molar-refractivity contribution in [2.45, 2.75) is 18.7 Å². The van der Waals surface area contributed by atoms with Gasteiger partial charge in [-0.1, -0.05) is 44.0 Å². The monoisotopic (exact) mass is 422 g/mol. The molecular formula is C15H11Br2F3O. The SMILES string of the molecule is OC(Cc1cccc(Br)c1)c1cc(C(F)(F)F)ccc1Br. The maximum Gasteiger partial charge on any atom is 0.416 e. The Morgan fingerprint density at radius 3 is 2.38 bits per heavy atom. The van der Waals surface area contributed by atoms with Gasteiger partial charge in [-0.3, -0.25) is 0 Å². The van der Waals surface area contributed by atoms with E-state index in [2.05, 4.69) is 31.9 Å². The number of aliphatic hydroxyl groups is 1. The molecule has 0 aliphatic rings. The van der Waals surface area contributed by atoms with Gasteiger partial charge in [0, 0.05) is 15.4 Å². The van der Waals surface area contributed by atoms with E-state index >= 15 is 0 Å². The van der Waals surface area contributed by atoms with Gasteiger partial charge in [0.25, 0.3) is 0 Å². The number of hydrogen-bond acceptors (Lipinski definition) is 1.